The van der Waals surface area contributed by atoms with Crippen LogP contribution in [0.15, 0.2) is 12.1 Å². The van der Waals surface area contributed by atoms with Crippen LogP contribution in [0.3, 0.4) is 0 Å². The first-order valence-electron chi connectivity index (χ1n) is 6.27. The predicted molar refractivity (Wildman–Crippen MR) is 68.2 cm³/mol. The zero-order valence-electron chi connectivity index (χ0n) is 10.3. The molecular weight excluding hydrogens is 216 g/mol. The molecule has 0 aliphatic carbocycles. The highest BCUT2D eigenvalue weighted by Crippen LogP contribution is 2.43. The summed E-state index contributed by atoms with van der Waals surface area (Å²) in [6.45, 7) is 6.78. The third kappa shape index (κ3) is 1.59. The second kappa shape index (κ2) is 4.02. The van der Waals surface area contributed by atoms with Gasteiger partial charge < -0.3 is 19.7 Å². The molecule has 1 unspecified atom stereocenters. The molecule has 1 aromatic rings. The summed E-state index contributed by atoms with van der Waals surface area (Å²) in [6.07, 6.45) is 1.15. The SMILES string of the molecule is CCC1CNc2cc3c(cc2N1CC)OCO3. The van der Waals surface area contributed by atoms with Gasteiger partial charge in [0.1, 0.15) is 0 Å². The molecular formula is C13H18N2O2. The van der Waals surface area contributed by atoms with Gasteiger partial charge in [-0.25, -0.2) is 0 Å². The van der Waals surface area contributed by atoms with Crippen molar-refractivity contribution in [2.24, 2.45) is 0 Å². The van der Waals surface area contributed by atoms with Crippen LogP contribution in [0.25, 0.3) is 0 Å². The van der Waals surface area contributed by atoms with E-state index in [1.807, 2.05) is 6.07 Å². The van der Waals surface area contributed by atoms with E-state index in [0.717, 1.165) is 36.7 Å². The molecule has 0 aromatic heterocycles. The largest absolute Gasteiger partial charge is 0.454 e. The highest BCUT2D eigenvalue weighted by molar-refractivity contribution is 5.77. The molecule has 0 spiro atoms. The molecule has 4 heteroatoms. The molecule has 2 heterocycles. The minimum atomic E-state index is 0.335. The number of ether oxygens (including phenoxy) is 2. The van der Waals surface area contributed by atoms with Crippen molar-refractivity contribution in [2.75, 3.05) is 30.1 Å². The Morgan fingerprint density at radius 1 is 1.29 bits per heavy atom. The minimum Gasteiger partial charge on any atom is -0.454 e. The summed E-state index contributed by atoms with van der Waals surface area (Å²) < 4.78 is 10.9. The molecule has 0 fully saturated rings. The Morgan fingerprint density at radius 3 is 2.76 bits per heavy atom. The Balaban J connectivity index is 2.03. The Morgan fingerprint density at radius 2 is 2.06 bits per heavy atom. The molecule has 0 saturated carbocycles. The first-order chi connectivity index (χ1) is 8.33. The van der Waals surface area contributed by atoms with Gasteiger partial charge >= 0.3 is 0 Å². The van der Waals surface area contributed by atoms with E-state index in [4.69, 9.17) is 9.47 Å². The van der Waals surface area contributed by atoms with Crippen molar-refractivity contribution in [2.45, 2.75) is 26.3 Å². The molecule has 2 aliphatic heterocycles. The van der Waals surface area contributed by atoms with Gasteiger partial charge in [-0.1, -0.05) is 6.92 Å². The Kier molecular flexibility index (Phi) is 2.50. The smallest absolute Gasteiger partial charge is 0.231 e. The van der Waals surface area contributed by atoms with Crippen LogP contribution in [0.1, 0.15) is 20.3 Å². The van der Waals surface area contributed by atoms with E-state index in [1.165, 1.54) is 5.69 Å². The topological polar surface area (TPSA) is 33.7 Å². The molecule has 0 saturated heterocycles. The van der Waals surface area contributed by atoms with Crippen LogP contribution < -0.4 is 19.7 Å². The molecule has 4 nitrogen and oxygen atoms in total. The van der Waals surface area contributed by atoms with E-state index in [9.17, 15) is 0 Å². The lowest BCUT2D eigenvalue weighted by Gasteiger charge is -2.38. The number of hydrogen-bond acceptors (Lipinski definition) is 4. The summed E-state index contributed by atoms with van der Waals surface area (Å²) in [5.41, 5.74) is 2.38. The van der Waals surface area contributed by atoms with E-state index < -0.39 is 0 Å². The van der Waals surface area contributed by atoms with Crippen molar-refractivity contribution in [1.82, 2.24) is 0 Å². The lowest BCUT2D eigenvalue weighted by molar-refractivity contribution is 0.174. The molecule has 1 atom stereocenters. The third-order valence-electron chi connectivity index (χ3n) is 3.58. The molecule has 17 heavy (non-hydrogen) atoms. The number of nitrogens with zero attached hydrogens (tertiary/aromatic N) is 1. The van der Waals surface area contributed by atoms with Gasteiger partial charge in [0.25, 0.3) is 0 Å². The maximum absolute atomic E-state index is 5.45. The molecule has 1 aromatic carbocycles. The zero-order chi connectivity index (χ0) is 11.8. The first-order valence-corrected chi connectivity index (χ1v) is 6.27. The highest BCUT2D eigenvalue weighted by atomic mass is 16.7. The van der Waals surface area contributed by atoms with Gasteiger partial charge in [0.15, 0.2) is 11.5 Å². The highest BCUT2D eigenvalue weighted by Gasteiger charge is 2.27. The van der Waals surface area contributed by atoms with Crippen LogP contribution in [0.2, 0.25) is 0 Å². The van der Waals surface area contributed by atoms with Crippen molar-refractivity contribution in [3.63, 3.8) is 0 Å². The van der Waals surface area contributed by atoms with Crippen LogP contribution in [-0.4, -0.2) is 25.9 Å². The summed E-state index contributed by atoms with van der Waals surface area (Å²) in [6, 6.07) is 4.70. The zero-order valence-corrected chi connectivity index (χ0v) is 10.3. The fourth-order valence-electron chi connectivity index (χ4n) is 2.64. The Hall–Kier alpha value is -1.58. The number of hydrogen-bond donors (Lipinski definition) is 1. The number of fused-ring (bicyclic) bond motifs is 2. The lowest BCUT2D eigenvalue weighted by atomic mass is 10.1. The van der Waals surface area contributed by atoms with Gasteiger partial charge in [-0.15, -0.1) is 0 Å². The molecule has 1 N–H and O–H groups in total. The molecule has 0 amide bonds. The standard InChI is InChI=1S/C13H18N2O2/c1-3-9-7-14-10-5-12-13(17-8-16-12)6-11(10)15(9)4-2/h5-6,9,14H,3-4,7-8H2,1-2H3. The van der Waals surface area contributed by atoms with Gasteiger partial charge in [0, 0.05) is 31.3 Å². The van der Waals surface area contributed by atoms with E-state index in [-0.39, 0.29) is 0 Å². The molecule has 3 rings (SSSR count). The van der Waals surface area contributed by atoms with E-state index in [0.29, 0.717) is 12.8 Å². The fourth-order valence-corrected chi connectivity index (χ4v) is 2.64. The number of nitrogens with one attached hydrogen (secondary N) is 1. The maximum Gasteiger partial charge on any atom is 0.231 e. The number of likely N-dealkylation sites (N-methyl/N-ethyl adjacent to an activating group) is 1. The summed E-state index contributed by atoms with van der Waals surface area (Å²) in [7, 11) is 0. The molecule has 92 valence electrons. The first kappa shape index (κ1) is 10.6. The van der Waals surface area contributed by atoms with Crippen LogP contribution in [-0.2, 0) is 0 Å². The minimum absolute atomic E-state index is 0.335. The molecule has 2 aliphatic rings. The van der Waals surface area contributed by atoms with Crippen molar-refractivity contribution >= 4 is 11.4 Å². The van der Waals surface area contributed by atoms with Crippen molar-refractivity contribution in [1.29, 1.82) is 0 Å². The van der Waals surface area contributed by atoms with Crippen LogP contribution in [0.5, 0.6) is 11.5 Å². The van der Waals surface area contributed by atoms with Gasteiger partial charge in [-0.05, 0) is 13.3 Å². The third-order valence-corrected chi connectivity index (χ3v) is 3.58. The predicted octanol–water partition coefficient (Wildman–Crippen LogP) is 2.45. The van der Waals surface area contributed by atoms with Crippen molar-refractivity contribution in [3.05, 3.63) is 12.1 Å². The quantitative estimate of drug-likeness (QED) is 0.852. The van der Waals surface area contributed by atoms with Gasteiger partial charge in [-0.3, -0.25) is 0 Å². The number of benzene rings is 1. The summed E-state index contributed by atoms with van der Waals surface area (Å²) in [5, 5.41) is 3.48. The monoisotopic (exact) mass is 234 g/mol. The summed E-state index contributed by atoms with van der Waals surface area (Å²) in [4.78, 5) is 2.44. The van der Waals surface area contributed by atoms with E-state index in [1.54, 1.807) is 0 Å². The van der Waals surface area contributed by atoms with E-state index in [2.05, 4.69) is 30.1 Å². The number of anilines is 2. The average molecular weight is 234 g/mol. The Labute approximate surface area is 102 Å². The van der Waals surface area contributed by atoms with Crippen LogP contribution in [0.4, 0.5) is 11.4 Å². The molecule has 0 bridgehead atoms. The second-order valence-corrected chi connectivity index (χ2v) is 4.45. The lowest BCUT2D eigenvalue weighted by Crippen LogP contribution is -2.43. The van der Waals surface area contributed by atoms with E-state index >= 15 is 0 Å². The second-order valence-electron chi connectivity index (χ2n) is 4.45. The normalized spacial score (nSPS) is 21.1. The average Bonchev–Trinajstić information content (AvgIpc) is 2.81. The fraction of sp³-hybridized carbons (Fsp3) is 0.538. The van der Waals surface area contributed by atoms with Gasteiger partial charge in [-0.2, -0.15) is 0 Å². The summed E-state index contributed by atoms with van der Waals surface area (Å²) >= 11 is 0. The molecule has 0 radical (unpaired) electrons. The van der Waals surface area contributed by atoms with Gasteiger partial charge in [0.05, 0.1) is 11.4 Å². The van der Waals surface area contributed by atoms with Crippen molar-refractivity contribution in [3.8, 4) is 11.5 Å². The Bertz CT molecular complexity index is 434. The van der Waals surface area contributed by atoms with Gasteiger partial charge in [0.2, 0.25) is 6.79 Å². The van der Waals surface area contributed by atoms with Crippen LogP contribution in [0, 0.1) is 0 Å². The maximum atomic E-state index is 5.45. The summed E-state index contributed by atoms with van der Waals surface area (Å²) in [5.74, 6) is 1.71. The van der Waals surface area contributed by atoms with Crippen LogP contribution >= 0.6 is 0 Å². The number of rotatable bonds is 2. The van der Waals surface area contributed by atoms with Crippen molar-refractivity contribution < 1.29 is 9.47 Å².